The zero-order chi connectivity index (χ0) is 17.2. The van der Waals surface area contributed by atoms with Crippen molar-refractivity contribution in [1.29, 1.82) is 0 Å². The SMILES string of the molecule is O=C1CC(N2CCCCCC2)=N/C1=C\C1=CCC2=C1C=C(F)C=CC2.[HH]. The number of aliphatic imine (C=N–C) groups is 1. The van der Waals surface area contributed by atoms with Crippen molar-refractivity contribution in [3.63, 3.8) is 0 Å². The highest BCUT2D eigenvalue weighted by molar-refractivity contribution is 6.15. The first-order valence-corrected chi connectivity index (χ1v) is 9.24. The molecule has 4 heteroatoms. The van der Waals surface area contributed by atoms with E-state index in [9.17, 15) is 9.18 Å². The number of hydrogen-bond donors (Lipinski definition) is 0. The fraction of sp³-hybridized carbons (Fsp3) is 0.429. The molecule has 0 amide bonds. The third kappa shape index (κ3) is 3.44. The van der Waals surface area contributed by atoms with Crippen LogP contribution in [0.4, 0.5) is 4.39 Å². The number of Topliss-reactive ketones (excluding diaryl/α,β-unsaturated/α-hetero) is 1. The number of carbonyl (C=O) groups excluding carboxylic acids is 1. The van der Waals surface area contributed by atoms with Gasteiger partial charge in [0.15, 0.2) is 5.78 Å². The van der Waals surface area contributed by atoms with Crippen LogP contribution in [0.3, 0.4) is 0 Å². The molecule has 0 N–H and O–H groups in total. The molecule has 0 atom stereocenters. The largest absolute Gasteiger partial charge is 0.360 e. The molecule has 4 rings (SSSR count). The number of ketones is 1. The second kappa shape index (κ2) is 6.95. The first-order chi connectivity index (χ1) is 12.2. The fourth-order valence-electron chi connectivity index (χ4n) is 3.92. The molecule has 0 radical (unpaired) electrons. The van der Waals surface area contributed by atoms with Crippen LogP contribution in [-0.2, 0) is 4.79 Å². The van der Waals surface area contributed by atoms with E-state index in [-0.39, 0.29) is 13.0 Å². The van der Waals surface area contributed by atoms with Crippen LogP contribution in [-0.4, -0.2) is 29.6 Å². The minimum absolute atomic E-state index is 0. The Kier molecular flexibility index (Phi) is 4.51. The number of hydrogen-bond acceptors (Lipinski definition) is 3. The van der Waals surface area contributed by atoms with E-state index in [0.29, 0.717) is 12.1 Å². The molecule has 25 heavy (non-hydrogen) atoms. The van der Waals surface area contributed by atoms with Crippen LogP contribution in [0.2, 0.25) is 0 Å². The Morgan fingerprint density at radius 1 is 1.16 bits per heavy atom. The van der Waals surface area contributed by atoms with E-state index in [1.165, 1.54) is 37.3 Å². The van der Waals surface area contributed by atoms with Crippen molar-refractivity contribution < 1.29 is 10.6 Å². The van der Waals surface area contributed by atoms with Crippen LogP contribution in [0.5, 0.6) is 0 Å². The lowest BCUT2D eigenvalue weighted by Gasteiger charge is -2.21. The number of halogens is 1. The summed E-state index contributed by atoms with van der Waals surface area (Å²) in [6.45, 7) is 1.99. The molecule has 3 nitrogen and oxygen atoms in total. The van der Waals surface area contributed by atoms with Crippen LogP contribution in [0.15, 0.2) is 63.6 Å². The Morgan fingerprint density at radius 3 is 2.76 bits per heavy atom. The lowest BCUT2D eigenvalue weighted by Crippen LogP contribution is -2.31. The Hall–Kier alpha value is -2.23. The minimum Gasteiger partial charge on any atom is -0.360 e. The zero-order valence-electron chi connectivity index (χ0n) is 14.4. The summed E-state index contributed by atoms with van der Waals surface area (Å²) in [4.78, 5) is 19.3. The molecular formula is C21H25FN2O. The van der Waals surface area contributed by atoms with E-state index in [1.807, 2.05) is 12.2 Å². The van der Waals surface area contributed by atoms with Gasteiger partial charge in [0.05, 0.1) is 6.42 Å². The number of rotatable bonds is 1. The van der Waals surface area contributed by atoms with Crippen LogP contribution in [0.25, 0.3) is 0 Å². The van der Waals surface area contributed by atoms with Crippen LogP contribution < -0.4 is 0 Å². The third-order valence-electron chi connectivity index (χ3n) is 5.30. The van der Waals surface area contributed by atoms with E-state index < -0.39 is 0 Å². The lowest BCUT2D eigenvalue weighted by molar-refractivity contribution is -0.114. The van der Waals surface area contributed by atoms with Crippen LogP contribution >= 0.6 is 0 Å². The Morgan fingerprint density at radius 2 is 1.96 bits per heavy atom. The number of nitrogens with zero attached hydrogens (tertiary/aromatic N) is 2. The van der Waals surface area contributed by atoms with E-state index in [0.717, 1.165) is 42.9 Å². The molecule has 0 aromatic carbocycles. The average Bonchev–Trinajstić information content (AvgIpc) is 2.94. The van der Waals surface area contributed by atoms with Crippen molar-refractivity contribution in [2.75, 3.05) is 13.1 Å². The molecule has 2 aliphatic carbocycles. The van der Waals surface area contributed by atoms with Gasteiger partial charge in [0.25, 0.3) is 0 Å². The van der Waals surface area contributed by atoms with Gasteiger partial charge in [0.1, 0.15) is 17.4 Å². The van der Waals surface area contributed by atoms with Gasteiger partial charge < -0.3 is 4.90 Å². The van der Waals surface area contributed by atoms with Gasteiger partial charge >= 0.3 is 0 Å². The molecular weight excluding hydrogens is 315 g/mol. The van der Waals surface area contributed by atoms with Gasteiger partial charge in [-0.3, -0.25) is 4.79 Å². The Labute approximate surface area is 149 Å². The van der Waals surface area contributed by atoms with Crippen molar-refractivity contribution in [2.45, 2.75) is 44.9 Å². The van der Waals surface area contributed by atoms with E-state index in [1.54, 1.807) is 6.08 Å². The maximum Gasteiger partial charge on any atom is 0.188 e. The first kappa shape index (κ1) is 16.2. The van der Waals surface area contributed by atoms with Gasteiger partial charge in [-0.1, -0.05) is 30.6 Å². The summed E-state index contributed by atoms with van der Waals surface area (Å²) in [6, 6.07) is 0. The normalized spacial score (nSPS) is 25.6. The number of carbonyl (C=O) groups is 1. The highest BCUT2D eigenvalue weighted by Crippen LogP contribution is 2.35. The maximum atomic E-state index is 13.8. The molecule has 0 bridgehead atoms. The molecule has 4 aliphatic rings. The second-order valence-electron chi connectivity index (χ2n) is 7.08. The van der Waals surface area contributed by atoms with Crippen molar-refractivity contribution in [3.05, 3.63) is 58.6 Å². The van der Waals surface area contributed by atoms with Crippen molar-refractivity contribution in [1.82, 2.24) is 4.90 Å². The molecule has 1 fully saturated rings. The van der Waals surface area contributed by atoms with Gasteiger partial charge in [-0.05, 0) is 55.1 Å². The third-order valence-corrected chi connectivity index (χ3v) is 5.30. The summed E-state index contributed by atoms with van der Waals surface area (Å²) in [5, 5.41) is 0. The smallest absolute Gasteiger partial charge is 0.188 e. The Bertz CT molecular complexity index is 778. The molecule has 0 aromatic rings. The number of allylic oxidation sites excluding steroid dienone is 10. The topological polar surface area (TPSA) is 32.7 Å². The summed E-state index contributed by atoms with van der Waals surface area (Å²) in [5.41, 5.74) is 3.57. The lowest BCUT2D eigenvalue weighted by atomic mass is 10.0. The molecule has 0 saturated carbocycles. The van der Waals surface area contributed by atoms with Gasteiger partial charge in [-0.15, -0.1) is 0 Å². The highest BCUT2D eigenvalue weighted by atomic mass is 19.1. The van der Waals surface area contributed by atoms with Crippen molar-refractivity contribution in [2.24, 2.45) is 4.99 Å². The van der Waals surface area contributed by atoms with Crippen molar-refractivity contribution >= 4 is 11.6 Å². The maximum absolute atomic E-state index is 13.8. The molecule has 0 aromatic heterocycles. The molecule has 2 aliphatic heterocycles. The summed E-state index contributed by atoms with van der Waals surface area (Å²) >= 11 is 0. The number of amidine groups is 1. The predicted octanol–water partition coefficient (Wildman–Crippen LogP) is 4.80. The van der Waals surface area contributed by atoms with Crippen LogP contribution in [0.1, 0.15) is 46.4 Å². The van der Waals surface area contributed by atoms with Gasteiger partial charge in [0.2, 0.25) is 0 Å². The van der Waals surface area contributed by atoms with Crippen molar-refractivity contribution in [3.8, 4) is 0 Å². The fourth-order valence-corrected chi connectivity index (χ4v) is 3.92. The second-order valence-corrected chi connectivity index (χ2v) is 7.08. The first-order valence-electron chi connectivity index (χ1n) is 9.24. The molecule has 132 valence electrons. The highest BCUT2D eigenvalue weighted by Gasteiger charge is 2.26. The molecule has 1 saturated heterocycles. The van der Waals surface area contributed by atoms with Gasteiger partial charge in [-0.25, -0.2) is 9.38 Å². The predicted molar refractivity (Wildman–Crippen MR) is 100.0 cm³/mol. The molecule has 0 spiro atoms. The average molecular weight is 340 g/mol. The summed E-state index contributed by atoms with van der Waals surface area (Å²) in [5.74, 6) is 0.753. The Balaban J connectivity index is 0.00000196. The van der Waals surface area contributed by atoms with E-state index in [2.05, 4.69) is 16.0 Å². The molecule has 2 heterocycles. The standard InChI is InChI=1S/C21H23FN2O.H2/c22-17-7-5-6-15-8-9-16(18(15)13-17)12-19-20(25)14-21(23-19)24-10-3-1-2-4-11-24;/h5,7,9,12-13H,1-4,6,8,10-11,14H2;1H/b19-12-;. The van der Waals surface area contributed by atoms with E-state index in [4.69, 9.17) is 0 Å². The quantitative estimate of drug-likeness (QED) is 0.642. The van der Waals surface area contributed by atoms with Crippen LogP contribution in [0, 0.1) is 0 Å². The number of likely N-dealkylation sites (tertiary alicyclic amines) is 1. The summed E-state index contributed by atoms with van der Waals surface area (Å²) in [6.07, 6.45) is 15.7. The van der Waals surface area contributed by atoms with E-state index >= 15 is 0 Å². The summed E-state index contributed by atoms with van der Waals surface area (Å²) in [7, 11) is 0. The molecule has 0 unspecified atom stereocenters. The monoisotopic (exact) mass is 340 g/mol. The van der Waals surface area contributed by atoms with Gasteiger partial charge in [-0.2, -0.15) is 0 Å². The van der Waals surface area contributed by atoms with Gasteiger partial charge in [0, 0.05) is 14.5 Å². The zero-order valence-corrected chi connectivity index (χ0v) is 14.4. The summed E-state index contributed by atoms with van der Waals surface area (Å²) < 4.78 is 13.8. The minimum atomic E-state index is -0.234.